The van der Waals surface area contributed by atoms with Crippen LogP contribution in [0.1, 0.15) is 18.4 Å². The van der Waals surface area contributed by atoms with Crippen molar-refractivity contribution in [1.29, 1.82) is 0 Å². The number of nitrogens with zero attached hydrogens (tertiary/aromatic N) is 1. The Labute approximate surface area is 126 Å². The second-order valence-corrected chi connectivity index (χ2v) is 7.66. The average molecular weight is 362 g/mol. The molecule has 1 aromatic rings. The number of halogens is 1. The first-order chi connectivity index (χ1) is 9.42. The van der Waals surface area contributed by atoms with Crippen LogP contribution in [-0.2, 0) is 21.2 Å². The Hall–Kier alpha value is -0.920. The van der Waals surface area contributed by atoms with Crippen LogP contribution in [0.4, 0.5) is 0 Å². The standard InChI is InChI=1S/C13H16BrNO4S/c14-11-5-2-1-4-10(11)7-9-20(18,19)15-8-3-6-12(15)13(16)17/h1-2,4-5,12H,3,6-9H2,(H,16,17)/t12-/m0/s1. The lowest BCUT2D eigenvalue weighted by Gasteiger charge is -2.21. The number of carboxylic acids is 1. The molecule has 1 aliphatic rings. The third kappa shape index (κ3) is 3.39. The molecule has 1 fully saturated rings. The highest BCUT2D eigenvalue weighted by atomic mass is 79.9. The number of hydrogen-bond donors (Lipinski definition) is 1. The molecule has 2 rings (SSSR count). The maximum atomic E-state index is 12.3. The summed E-state index contributed by atoms with van der Waals surface area (Å²) in [6.07, 6.45) is 1.36. The highest BCUT2D eigenvalue weighted by Crippen LogP contribution is 2.23. The molecule has 0 aromatic heterocycles. The van der Waals surface area contributed by atoms with Crippen LogP contribution >= 0.6 is 15.9 Å². The van der Waals surface area contributed by atoms with Gasteiger partial charge in [-0.15, -0.1) is 0 Å². The lowest BCUT2D eigenvalue weighted by Crippen LogP contribution is -2.41. The topological polar surface area (TPSA) is 74.7 Å². The molecule has 0 saturated carbocycles. The van der Waals surface area contributed by atoms with Crippen molar-refractivity contribution in [3.63, 3.8) is 0 Å². The van der Waals surface area contributed by atoms with Gasteiger partial charge in [0.1, 0.15) is 6.04 Å². The monoisotopic (exact) mass is 361 g/mol. The van der Waals surface area contributed by atoms with Gasteiger partial charge in [-0.3, -0.25) is 4.79 Å². The highest BCUT2D eigenvalue weighted by molar-refractivity contribution is 9.10. The van der Waals surface area contributed by atoms with E-state index in [1.807, 2.05) is 24.3 Å². The Morgan fingerprint density at radius 2 is 2.10 bits per heavy atom. The molecule has 0 bridgehead atoms. The van der Waals surface area contributed by atoms with E-state index in [0.29, 0.717) is 25.8 Å². The Kier molecular flexibility index (Phi) is 4.82. The molecule has 7 heteroatoms. The minimum atomic E-state index is -3.54. The van der Waals surface area contributed by atoms with E-state index in [2.05, 4.69) is 15.9 Å². The van der Waals surface area contributed by atoms with Gasteiger partial charge in [-0.1, -0.05) is 34.1 Å². The van der Waals surface area contributed by atoms with Crippen molar-refractivity contribution in [2.75, 3.05) is 12.3 Å². The molecule has 0 radical (unpaired) electrons. The third-order valence-corrected chi connectivity index (χ3v) is 6.08. The van der Waals surface area contributed by atoms with E-state index in [1.54, 1.807) is 0 Å². The van der Waals surface area contributed by atoms with Gasteiger partial charge in [-0.2, -0.15) is 4.31 Å². The molecule has 1 heterocycles. The van der Waals surface area contributed by atoms with Gasteiger partial charge in [0, 0.05) is 11.0 Å². The van der Waals surface area contributed by atoms with Gasteiger partial charge in [-0.05, 0) is 30.9 Å². The highest BCUT2D eigenvalue weighted by Gasteiger charge is 2.38. The van der Waals surface area contributed by atoms with E-state index < -0.39 is 22.0 Å². The maximum absolute atomic E-state index is 12.3. The predicted molar refractivity (Wildman–Crippen MR) is 79.0 cm³/mol. The van der Waals surface area contributed by atoms with E-state index in [-0.39, 0.29) is 5.75 Å². The van der Waals surface area contributed by atoms with E-state index >= 15 is 0 Å². The Morgan fingerprint density at radius 1 is 1.40 bits per heavy atom. The van der Waals surface area contributed by atoms with Gasteiger partial charge in [0.05, 0.1) is 5.75 Å². The van der Waals surface area contributed by atoms with E-state index in [0.717, 1.165) is 14.3 Å². The van der Waals surface area contributed by atoms with Crippen LogP contribution in [-0.4, -0.2) is 42.1 Å². The summed E-state index contributed by atoms with van der Waals surface area (Å²) in [5, 5.41) is 9.06. The van der Waals surface area contributed by atoms with Crippen molar-refractivity contribution < 1.29 is 18.3 Å². The minimum Gasteiger partial charge on any atom is -0.480 e. The van der Waals surface area contributed by atoms with Crippen LogP contribution < -0.4 is 0 Å². The zero-order chi connectivity index (χ0) is 14.8. The molecule has 0 aliphatic carbocycles. The maximum Gasteiger partial charge on any atom is 0.322 e. The number of benzene rings is 1. The van der Waals surface area contributed by atoms with E-state index in [4.69, 9.17) is 5.11 Å². The molecule has 1 atom stereocenters. The average Bonchev–Trinajstić information content (AvgIpc) is 2.88. The molecule has 5 nitrogen and oxygen atoms in total. The van der Waals surface area contributed by atoms with Crippen LogP contribution in [0.5, 0.6) is 0 Å². The summed E-state index contributed by atoms with van der Waals surface area (Å²) < 4.78 is 26.6. The van der Waals surface area contributed by atoms with Crippen LogP contribution in [0.2, 0.25) is 0 Å². The fourth-order valence-electron chi connectivity index (χ4n) is 2.38. The number of carboxylic acid groups (broad SMARTS) is 1. The molecule has 1 aliphatic heterocycles. The Balaban J connectivity index is 2.08. The zero-order valence-corrected chi connectivity index (χ0v) is 13.2. The number of aliphatic carboxylic acids is 1. The summed E-state index contributed by atoms with van der Waals surface area (Å²) in [6, 6.07) is 6.53. The minimum absolute atomic E-state index is 0.0700. The molecule has 0 amide bonds. The lowest BCUT2D eigenvalue weighted by atomic mass is 10.2. The molecule has 20 heavy (non-hydrogen) atoms. The molecule has 0 spiro atoms. The molecular formula is C13H16BrNO4S. The first kappa shape index (κ1) is 15.5. The predicted octanol–water partition coefficient (Wildman–Crippen LogP) is 1.87. The summed E-state index contributed by atoms with van der Waals surface area (Å²) in [4.78, 5) is 11.1. The Bertz CT molecular complexity index is 602. The third-order valence-electron chi connectivity index (χ3n) is 3.43. The molecule has 1 N–H and O–H groups in total. The Morgan fingerprint density at radius 3 is 2.75 bits per heavy atom. The number of sulfonamides is 1. The first-order valence-electron chi connectivity index (χ1n) is 6.37. The molecule has 0 unspecified atom stereocenters. The normalized spacial score (nSPS) is 20.1. The molecule has 110 valence electrons. The number of carbonyl (C=O) groups is 1. The second-order valence-electron chi connectivity index (χ2n) is 4.76. The lowest BCUT2D eigenvalue weighted by molar-refractivity contribution is -0.140. The van der Waals surface area contributed by atoms with Gasteiger partial charge < -0.3 is 5.11 Å². The van der Waals surface area contributed by atoms with Gasteiger partial charge in [0.2, 0.25) is 10.0 Å². The van der Waals surface area contributed by atoms with Crippen molar-refractivity contribution in [3.05, 3.63) is 34.3 Å². The SMILES string of the molecule is O=C(O)[C@@H]1CCCN1S(=O)(=O)CCc1ccccc1Br. The zero-order valence-electron chi connectivity index (χ0n) is 10.8. The van der Waals surface area contributed by atoms with Crippen molar-refractivity contribution in [1.82, 2.24) is 4.31 Å². The van der Waals surface area contributed by atoms with Crippen molar-refractivity contribution in [3.8, 4) is 0 Å². The molecular weight excluding hydrogens is 346 g/mol. The van der Waals surface area contributed by atoms with Crippen LogP contribution in [0.15, 0.2) is 28.7 Å². The summed E-state index contributed by atoms with van der Waals surface area (Å²) in [5.74, 6) is -1.13. The fourth-order valence-corrected chi connectivity index (χ4v) is 4.56. The van der Waals surface area contributed by atoms with Crippen molar-refractivity contribution in [2.45, 2.75) is 25.3 Å². The first-order valence-corrected chi connectivity index (χ1v) is 8.78. The summed E-state index contributed by atoms with van der Waals surface area (Å²) in [6.45, 7) is 0.301. The summed E-state index contributed by atoms with van der Waals surface area (Å²) >= 11 is 3.38. The van der Waals surface area contributed by atoms with Crippen molar-refractivity contribution >= 4 is 31.9 Å². The van der Waals surface area contributed by atoms with Crippen LogP contribution in [0, 0.1) is 0 Å². The van der Waals surface area contributed by atoms with Crippen molar-refractivity contribution in [2.24, 2.45) is 0 Å². The number of aryl methyl sites for hydroxylation is 1. The molecule has 1 aromatic carbocycles. The number of hydrogen-bond acceptors (Lipinski definition) is 3. The van der Waals surface area contributed by atoms with Gasteiger partial charge in [-0.25, -0.2) is 8.42 Å². The summed E-state index contributed by atoms with van der Waals surface area (Å²) in [7, 11) is -3.54. The largest absolute Gasteiger partial charge is 0.480 e. The van der Waals surface area contributed by atoms with Crippen LogP contribution in [0.3, 0.4) is 0 Å². The van der Waals surface area contributed by atoms with Crippen LogP contribution in [0.25, 0.3) is 0 Å². The number of rotatable bonds is 5. The smallest absolute Gasteiger partial charge is 0.322 e. The molecule has 1 saturated heterocycles. The summed E-state index contributed by atoms with van der Waals surface area (Å²) in [5.41, 5.74) is 0.905. The van der Waals surface area contributed by atoms with E-state index in [9.17, 15) is 13.2 Å². The second kappa shape index (κ2) is 6.24. The fraction of sp³-hybridized carbons (Fsp3) is 0.462. The van der Waals surface area contributed by atoms with Gasteiger partial charge in [0.15, 0.2) is 0 Å². The van der Waals surface area contributed by atoms with Gasteiger partial charge in [0.25, 0.3) is 0 Å². The van der Waals surface area contributed by atoms with Gasteiger partial charge >= 0.3 is 5.97 Å². The quantitative estimate of drug-likeness (QED) is 0.868. The van der Waals surface area contributed by atoms with E-state index in [1.165, 1.54) is 0 Å².